The van der Waals surface area contributed by atoms with E-state index < -0.39 is 0 Å². The number of nitrogens with one attached hydrogen (secondary N) is 3. The zero-order chi connectivity index (χ0) is 20.1. The lowest BCUT2D eigenvalue weighted by Gasteiger charge is -2.21. The monoisotopic (exact) mass is 507 g/mol. The number of hydrogen-bond donors (Lipinski definition) is 3. The van der Waals surface area contributed by atoms with Crippen molar-refractivity contribution in [2.24, 2.45) is 4.99 Å². The molecule has 1 heterocycles. The fourth-order valence-electron chi connectivity index (χ4n) is 2.84. The van der Waals surface area contributed by atoms with E-state index in [4.69, 9.17) is 4.42 Å². The number of amides is 1. The van der Waals surface area contributed by atoms with Crippen LogP contribution in [0.3, 0.4) is 0 Å². The van der Waals surface area contributed by atoms with Gasteiger partial charge >= 0.3 is 0 Å². The van der Waals surface area contributed by atoms with Crippen molar-refractivity contribution in [3.8, 4) is 0 Å². The highest BCUT2D eigenvalue weighted by molar-refractivity contribution is 14.0. The first-order chi connectivity index (χ1) is 13.0. The van der Waals surface area contributed by atoms with Crippen LogP contribution in [0.25, 0.3) is 0 Å². The summed E-state index contributed by atoms with van der Waals surface area (Å²) in [6.07, 6.45) is 4.62. The Morgan fingerprint density at radius 2 is 1.89 bits per heavy atom. The van der Waals surface area contributed by atoms with E-state index >= 15 is 0 Å². The molecule has 7 nitrogen and oxygen atoms in total. The summed E-state index contributed by atoms with van der Waals surface area (Å²) in [4.78, 5) is 18.7. The average Bonchev–Trinajstić information content (AvgIpc) is 3.09. The highest BCUT2D eigenvalue weighted by atomic mass is 127. The molecule has 0 saturated carbocycles. The topological polar surface area (TPSA) is 81.9 Å². The molecule has 162 valence electrons. The number of aliphatic imine (C=N–C) groups is 1. The average molecular weight is 507 g/mol. The lowest BCUT2D eigenvalue weighted by Crippen LogP contribution is -2.43. The summed E-state index contributed by atoms with van der Waals surface area (Å²) < 4.78 is 5.18. The normalized spacial score (nSPS) is 12.4. The van der Waals surface area contributed by atoms with Crippen LogP contribution in [0.2, 0.25) is 0 Å². The molecule has 1 rings (SSSR count). The van der Waals surface area contributed by atoms with Crippen molar-refractivity contribution >= 4 is 35.8 Å². The molecule has 0 bridgehead atoms. The summed E-state index contributed by atoms with van der Waals surface area (Å²) in [6, 6.07) is 2.16. The second-order valence-electron chi connectivity index (χ2n) is 6.76. The van der Waals surface area contributed by atoms with E-state index in [0.717, 1.165) is 50.5 Å². The number of halogens is 1. The van der Waals surface area contributed by atoms with E-state index in [1.807, 2.05) is 6.92 Å². The summed E-state index contributed by atoms with van der Waals surface area (Å²) in [5.74, 6) is 1.03. The van der Waals surface area contributed by atoms with Crippen molar-refractivity contribution < 1.29 is 9.21 Å². The smallest absolute Gasteiger partial charge is 0.287 e. The molecule has 0 aromatic carbocycles. The van der Waals surface area contributed by atoms with Gasteiger partial charge < -0.3 is 25.3 Å². The fraction of sp³-hybridized carbons (Fsp3) is 0.700. The fourth-order valence-corrected chi connectivity index (χ4v) is 2.84. The highest BCUT2D eigenvalue weighted by Gasteiger charge is 2.11. The van der Waals surface area contributed by atoms with Gasteiger partial charge in [-0.3, -0.25) is 9.79 Å². The van der Waals surface area contributed by atoms with Gasteiger partial charge in [0.2, 0.25) is 0 Å². The molecule has 1 aromatic heterocycles. The van der Waals surface area contributed by atoms with Crippen LogP contribution in [0.1, 0.15) is 56.2 Å². The van der Waals surface area contributed by atoms with E-state index in [2.05, 4.69) is 46.6 Å². The molecule has 1 amide bonds. The molecule has 3 N–H and O–H groups in total. The predicted molar refractivity (Wildman–Crippen MR) is 127 cm³/mol. The molecular formula is C20H38IN5O2. The van der Waals surface area contributed by atoms with Crippen LogP contribution < -0.4 is 16.0 Å². The second-order valence-corrected chi connectivity index (χ2v) is 6.76. The Morgan fingerprint density at radius 1 is 1.21 bits per heavy atom. The quantitative estimate of drug-likeness (QED) is 0.175. The van der Waals surface area contributed by atoms with Crippen LogP contribution in [-0.2, 0) is 0 Å². The van der Waals surface area contributed by atoms with Crippen LogP contribution >= 0.6 is 24.0 Å². The summed E-state index contributed by atoms with van der Waals surface area (Å²) >= 11 is 0. The number of nitrogens with zero attached hydrogens (tertiary/aromatic N) is 2. The number of guanidine groups is 1. The van der Waals surface area contributed by atoms with Gasteiger partial charge in [0.05, 0.1) is 6.26 Å². The first-order valence-corrected chi connectivity index (χ1v) is 10.0. The van der Waals surface area contributed by atoms with Crippen LogP contribution in [0.15, 0.2) is 21.7 Å². The van der Waals surface area contributed by atoms with Crippen LogP contribution in [0.4, 0.5) is 0 Å². The Labute approximate surface area is 187 Å². The second kappa shape index (κ2) is 15.6. The minimum Gasteiger partial charge on any atom is -0.459 e. The van der Waals surface area contributed by atoms with Gasteiger partial charge in [0.15, 0.2) is 11.7 Å². The lowest BCUT2D eigenvalue weighted by molar-refractivity contribution is 0.0925. The Morgan fingerprint density at radius 3 is 2.46 bits per heavy atom. The van der Waals surface area contributed by atoms with E-state index in [9.17, 15) is 4.79 Å². The first-order valence-electron chi connectivity index (χ1n) is 10.0. The van der Waals surface area contributed by atoms with Crippen molar-refractivity contribution in [3.63, 3.8) is 0 Å². The summed E-state index contributed by atoms with van der Waals surface area (Å²) in [5, 5.41) is 9.59. The molecule has 1 unspecified atom stereocenters. The Balaban J connectivity index is 0.00000729. The van der Waals surface area contributed by atoms with Gasteiger partial charge in [-0.25, -0.2) is 0 Å². The Kier molecular flexibility index (Phi) is 14.9. The molecule has 0 aliphatic carbocycles. The molecule has 28 heavy (non-hydrogen) atoms. The van der Waals surface area contributed by atoms with E-state index in [1.165, 1.54) is 12.7 Å². The maximum atomic E-state index is 12.0. The van der Waals surface area contributed by atoms with Gasteiger partial charge in [-0.15, -0.1) is 24.0 Å². The van der Waals surface area contributed by atoms with E-state index in [0.29, 0.717) is 18.3 Å². The van der Waals surface area contributed by atoms with Gasteiger partial charge in [0.25, 0.3) is 5.91 Å². The molecule has 0 aliphatic rings. The van der Waals surface area contributed by atoms with Gasteiger partial charge in [0, 0.05) is 31.7 Å². The molecule has 1 aromatic rings. The number of aryl methyl sites for hydroxylation is 1. The van der Waals surface area contributed by atoms with Crippen molar-refractivity contribution in [3.05, 3.63) is 23.7 Å². The third-order valence-corrected chi connectivity index (χ3v) is 4.61. The number of furan rings is 1. The van der Waals surface area contributed by atoms with Crippen LogP contribution in [0, 0.1) is 6.92 Å². The summed E-state index contributed by atoms with van der Waals surface area (Å²) in [6.45, 7) is 13.1. The molecule has 0 radical (unpaired) electrons. The third-order valence-electron chi connectivity index (χ3n) is 4.61. The molecule has 0 aliphatic heterocycles. The summed E-state index contributed by atoms with van der Waals surface area (Å²) in [5.41, 5.74) is 0.852. The van der Waals surface area contributed by atoms with Gasteiger partial charge in [0.1, 0.15) is 0 Å². The Bertz CT molecular complexity index is 573. The maximum Gasteiger partial charge on any atom is 0.287 e. The van der Waals surface area contributed by atoms with Crippen LogP contribution in [0.5, 0.6) is 0 Å². The van der Waals surface area contributed by atoms with E-state index in [-0.39, 0.29) is 29.9 Å². The lowest BCUT2D eigenvalue weighted by atomic mass is 10.2. The van der Waals surface area contributed by atoms with Gasteiger partial charge in [-0.05, 0) is 58.8 Å². The molecule has 8 heteroatoms. The predicted octanol–water partition coefficient (Wildman–Crippen LogP) is 3.00. The molecule has 1 atom stereocenters. The number of hydrogen-bond acceptors (Lipinski definition) is 4. The van der Waals surface area contributed by atoms with Crippen molar-refractivity contribution in [2.75, 3.05) is 39.8 Å². The zero-order valence-corrected chi connectivity index (χ0v) is 20.3. The minimum atomic E-state index is -0.165. The number of carbonyl (C=O) groups excluding carboxylic acids is 1. The SMILES string of the molecule is CCN(CC)CCCC(C)NC(=NC)NCCCNC(=O)c1occc1C.I. The third kappa shape index (κ3) is 10.3. The largest absolute Gasteiger partial charge is 0.459 e. The number of rotatable bonds is 12. The van der Waals surface area contributed by atoms with Crippen LogP contribution in [-0.4, -0.2) is 62.6 Å². The van der Waals surface area contributed by atoms with Gasteiger partial charge in [-0.2, -0.15) is 0 Å². The van der Waals surface area contributed by atoms with Crippen molar-refractivity contribution in [1.82, 2.24) is 20.9 Å². The first kappa shape index (κ1) is 26.7. The minimum absolute atomic E-state index is 0. The maximum absolute atomic E-state index is 12.0. The van der Waals surface area contributed by atoms with Gasteiger partial charge in [-0.1, -0.05) is 13.8 Å². The van der Waals surface area contributed by atoms with Crippen molar-refractivity contribution in [1.29, 1.82) is 0 Å². The number of carbonyl (C=O) groups is 1. The zero-order valence-electron chi connectivity index (χ0n) is 18.0. The van der Waals surface area contributed by atoms with E-state index in [1.54, 1.807) is 13.1 Å². The van der Waals surface area contributed by atoms with Crippen molar-refractivity contribution in [2.45, 2.75) is 53.0 Å². The molecule has 0 saturated heterocycles. The highest BCUT2D eigenvalue weighted by Crippen LogP contribution is 2.07. The standard InChI is InChI=1S/C20H37N5O2.HI/c1-6-25(7-2)14-8-10-17(4)24-20(21-5)23-13-9-12-22-19(26)18-16(3)11-15-27-18;/h11,15,17H,6-10,12-14H2,1-5H3,(H,22,26)(H2,21,23,24);1H. The molecular weight excluding hydrogens is 469 g/mol. The molecule has 0 fully saturated rings. The molecule has 0 spiro atoms. The summed E-state index contributed by atoms with van der Waals surface area (Å²) in [7, 11) is 1.78. The Hall–Kier alpha value is -1.29.